The monoisotopic (exact) mass is 241 g/mol. The van der Waals surface area contributed by atoms with Crippen LogP contribution in [0.2, 0.25) is 0 Å². The molecule has 1 aliphatic carbocycles. The Kier molecular flexibility index (Phi) is 4.01. The highest BCUT2D eigenvalue weighted by Crippen LogP contribution is 2.47. The molecule has 16 heavy (non-hydrogen) atoms. The number of ether oxygens (including phenoxy) is 1. The summed E-state index contributed by atoms with van der Waals surface area (Å²) in [5.41, 5.74) is 7.13. The van der Waals surface area contributed by atoms with Gasteiger partial charge in [-0.15, -0.1) is 0 Å². The Bertz CT molecular complexity index is 336. The fourth-order valence-electron chi connectivity index (χ4n) is 1.78. The third-order valence-electron chi connectivity index (χ3n) is 2.80. The van der Waals surface area contributed by atoms with Gasteiger partial charge in [-0.05, 0) is 43.1 Å². The minimum atomic E-state index is 0.667. The van der Waals surface area contributed by atoms with Crippen molar-refractivity contribution in [3.8, 4) is 0 Å². The average molecular weight is 241 g/mol. The molecule has 1 aromatic heterocycles. The maximum Gasteiger partial charge on any atom is 0.142 e. The lowest BCUT2D eigenvalue weighted by molar-refractivity contribution is 0.194. The highest BCUT2D eigenvalue weighted by atomic mass is 32.1. The van der Waals surface area contributed by atoms with Gasteiger partial charge in [-0.2, -0.15) is 4.37 Å². The first-order valence-corrected chi connectivity index (χ1v) is 6.58. The summed E-state index contributed by atoms with van der Waals surface area (Å²) < 4.78 is 9.24. The number of unbranched alkanes of at least 4 members (excludes halogenated alkanes) is 1. The van der Waals surface area contributed by atoms with Crippen LogP contribution >= 0.6 is 11.5 Å². The molecule has 1 fully saturated rings. The molecule has 1 aliphatic rings. The molecular formula is C11H19N3OS. The summed E-state index contributed by atoms with van der Waals surface area (Å²) in [6.07, 6.45) is 4.74. The van der Waals surface area contributed by atoms with Crippen LogP contribution < -0.4 is 11.1 Å². The molecule has 3 N–H and O–H groups in total. The number of anilines is 2. The zero-order chi connectivity index (χ0) is 11.4. The third-order valence-corrected chi connectivity index (χ3v) is 3.64. The van der Waals surface area contributed by atoms with Crippen molar-refractivity contribution < 1.29 is 4.74 Å². The molecule has 0 atom stereocenters. The van der Waals surface area contributed by atoms with Gasteiger partial charge in [0.25, 0.3) is 0 Å². The van der Waals surface area contributed by atoms with Gasteiger partial charge in [0, 0.05) is 25.8 Å². The summed E-state index contributed by atoms with van der Waals surface area (Å²) >= 11 is 1.49. The van der Waals surface area contributed by atoms with Gasteiger partial charge in [-0.25, -0.2) is 0 Å². The Morgan fingerprint density at radius 2 is 2.31 bits per heavy atom. The molecule has 2 rings (SSSR count). The van der Waals surface area contributed by atoms with Crippen LogP contribution in [0.4, 0.5) is 10.8 Å². The van der Waals surface area contributed by atoms with Gasteiger partial charge in [0.15, 0.2) is 0 Å². The fraction of sp³-hybridized carbons (Fsp3) is 0.727. The number of methoxy groups -OCH3 is 1. The van der Waals surface area contributed by atoms with Gasteiger partial charge in [-0.1, -0.05) is 0 Å². The number of nitrogens with zero attached hydrogens (tertiary/aromatic N) is 1. The predicted molar refractivity (Wildman–Crippen MR) is 68.1 cm³/mol. The van der Waals surface area contributed by atoms with E-state index in [4.69, 9.17) is 10.5 Å². The van der Waals surface area contributed by atoms with E-state index in [0.29, 0.717) is 5.92 Å². The van der Waals surface area contributed by atoms with Crippen molar-refractivity contribution in [3.05, 3.63) is 5.56 Å². The van der Waals surface area contributed by atoms with Crippen molar-refractivity contribution in [1.29, 1.82) is 0 Å². The Morgan fingerprint density at radius 1 is 1.50 bits per heavy atom. The average Bonchev–Trinajstić information content (AvgIpc) is 3.04. The van der Waals surface area contributed by atoms with Crippen LogP contribution in [0.1, 0.15) is 37.2 Å². The number of nitrogen functional groups attached to an aromatic ring is 1. The molecular weight excluding hydrogens is 222 g/mol. The molecule has 0 radical (unpaired) electrons. The smallest absolute Gasteiger partial charge is 0.142 e. The molecule has 0 aliphatic heterocycles. The van der Waals surface area contributed by atoms with E-state index in [2.05, 4.69) is 9.69 Å². The first-order chi connectivity index (χ1) is 7.83. The molecule has 0 saturated heterocycles. The number of hydrogen-bond acceptors (Lipinski definition) is 5. The molecule has 90 valence electrons. The van der Waals surface area contributed by atoms with E-state index in [1.54, 1.807) is 7.11 Å². The largest absolute Gasteiger partial charge is 0.385 e. The molecule has 4 nitrogen and oxygen atoms in total. The third kappa shape index (κ3) is 2.86. The van der Waals surface area contributed by atoms with Crippen LogP contribution in [-0.4, -0.2) is 24.6 Å². The van der Waals surface area contributed by atoms with Crippen LogP contribution in [0, 0.1) is 0 Å². The Labute approximate surface area is 100 Å². The molecule has 1 saturated carbocycles. The van der Waals surface area contributed by atoms with Crippen LogP contribution in [0.5, 0.6) is 0 Å². The first kappa shape index (κ1) is 11.7. The summed E-state index contributed by atoms with van der Waals surface area (Å²) in [4.78, 5) is 0. The summed E-state index contributed by atoms with van der Waals surface area (Å²) in [5.74, 6) is 1.40. The summed E-state index contributed by atoms with van der Waals surface area (Å²) in [7, 11) is 1.74. The van der Waals surface area contributed by atoms with Crippen LogP contribution in [0.15, 0.2) is 0 Å². The van der Waals surface area contributed by atoms with E-state index < -0.39 is 0 Å². The number of hydrogen-bond donors (Lipinski definition) is 2. The van der Waals surface area contributed by atoms with Crippen LogP contribution in [0.25, 0.3) is 0 Å². The van der Waals surface area contributed by atoms with E-state index in [9.17, 15) is 0 Å². The molecule has 0 bridgehead atoms. The lowest BCUT2D eigenvalue weighted by Gasteiger charge is -2.05. The van der Waals surface area contributed by atoms with Crippen molar-refractivity contribution in [2.24, 2.45) is 0 Å². The molecule has 1 heterocycles. The second-order valence-corrected chi connectivity index (χ2v) is 4.98. The van der Waals surface area contributed by atoms with E-state index in [1.807, 2.05) is 0 Å². The lowest BCUT2D eigenvalue weighted by Crippen LogP contribution is -2.03. The van der Waals surface area contributed by atoms with Crippen molar-refractivity contribution >= 4 is 22.4 Å². The zero-order valence-electron chi connectivity index (χ0n) is 9.66. The minimum Gasteiger partial charge on any atom is -0.385 e. The van der Waals surface area contributed by atoms with Crippen molar-refractivity contribution in [2.45, 2.75) is 31.6 Å². The molecule has 0 spiro atoms. The van der Waals surface area contributed by atoms with E-state index in [0.717, 1.165) is 31.8 Å². The SMILES string of the molecule is COCCCCNc1snc(N)c1C1CC1. The van der Waals surface area contributed by atoms with Gasteiger partial charge in [-0.3, -0.25) is 0 Å². The first-order valence-electron chi connectivity index (χ1n) is 5.80. The highest BCUT2D eigenvalue weighted by molar-refractivity contribution is 7.10. The fourth-order valence-corrected chi connectivity index (χ4v) is 2.60. The second-order valence-electron chi connectivity index (χ2n) is 4.21. The van der Waals surface area contributed by atoms with Gasteiger partial charge >= 0.3 is 0 Å². The lowest BCUT2D eigenvalue weighted by atomic mass is 10.2. The zero-order valence-corrected chi connectivity index (χ0v) is 10.5. The molecule has 1 aromatic rings. The summed E-state index contributed by atoms with van der Waals surface area (Å²) in [5, 5.41) is 4.61. The molecule has 5 heteroatoms. The molecule has 0 amide bonds. The highest BCUT2D eigenvalue weighted by Gasteiger charge is 2.30. The number of aromatic nitrogens is 1. The van der Waals surface area contributed by atoms with Gasteiger partial charge in [0.05, 0.1) is 0 Å². The van der Waals surface area contributed by atoms with Gasteiger partial charge < -0.3 is 15.8 Å². The predicted octanol–water partition coefficient (Wildman–Crippen LogP) is 2.44. The quantitative estimate of drug-likeness (QED) is 0.720. The van der Waals surface area contributed by atoms with Crippen LogP contribution in [0.3, 0.4) is 0 Å². The Morgan fingerprint density at radius 3 is 3.00 bits per heavy atom. The number of rotatable bonds is 7. The minimum absolute atomic E-state index is 0.667. The number of nitrogens with one attached hydrogen (secondary N) is 1. The van der Waals surface area contributed by atoms with Gasteiger partial charge in [0.1, 0.15) is 10.8 Å². The standard InChI is InChI=1S/C11H19N3OS/c1-15-7-3-2-6-13-11-9(8-4-5-8)10(12)14-16-11/h8,13H,2-7H2,1H3,(H2,12,14). The topological polar surface area (TPSA) is 60.2 Å². The van der Waals surface area contributed by atoms with Crippen molar-refractivity contribution in [2.75, 3.05) is 31.3 Å². The number of nitrogens with two attached hydrogens (primary N) is 1. The summed E-state index contributed by atoms with van der Waals surface area (Å²) in [6.45, 7) is 1.81. The second kappa shape index (κ2) is 5.50. The Hall–Kier alpha value is -0.810. The summed E-state index contributed by atoms with van der Waals surface area (Å²) in [6, 6.07) is 0. The Balaban J connectivity index is 1.80. The maximum absolute atomic E-state index is 5.87. The maximum atomic E-state index is 5.87. The van der Waals surface area contributed by atoms with Crippen molar-refractivity contribution in [1.82, 2.24) is 4.37 Å². The normalized spacial score (nSPS) is 15.3. The van der Waals surface area contributed by atoms with Gasteiger partial charge in [0.2, 0.25) is 0 Å². The van der Waals surface area contributed by atoms with E-state index >= 15 is 0 Å². The molecule has 0 aromatic carbocycles. The van der Waals surface area contributed by atoms with Crippen molar-refractivity contribution in [3.63, 3.8) is 0 Å². The molecule has 0 unspecified atom stereocenters. The van der Waals surface area contributed by atoms with Crippen LogP contribution in [-0.2, 0) is 4.74 Å². The van der Waals surface area contributed by atoms with E-state index in [1.165, 1.54) is 34.9 Å². The van der Waals surface area contributed by atoms with E-state index in [-0.39, 0.29) is 0 Å².